The molecule has 108 valence electrons. The highest BCUT2D eigenvalue weighted by Gasteiger charge is 2.02. The minimum absolute atomic E-state index is 0.656. The molecule has 19 heavy (non-hydrogen) atoms. The SMILES string of the molecule is CCOc1ccccc1OCCNCCCN(C)C. The molecule has 4 heteroatoms. The summed E-state index contributed by atoms with van der Waals surface area (Å²) in [7, 11) is 4.18. The average molecular weight is 266 g/mol. The van der Waals surface area contributed by atoms with E-state index in [1.165, 1.54) is 0 Å². The number of rotatable bonds is 10. The Hall–Kier alpha value is -1.26. The number of nitrogens with one attached hydrogen (secondary N) is 1. The highest BCUT2D eigenvalue weighted by molar-refractivity contribution is 5.39. The predicted octanol–water partition coefficient (Wildman–Crippen LogP) is 2.01. The second kappa shape index (κ2) is 9.64. The second-order valence-corrected chi connectivity index (χ2v) is 4.64. The van der Waals surface area contributed by atoms with Crippen LogP contribution in [0.5, 0.6) is 11.5 Å². The molecule has 0 aromatic heterocycles. The van der Waals surface area contributed by atoms with E-state index in [1.54, 1.807) is 0 Å². The van der Waals surface area contributed by atoms with Crippen LogP contribution >= 0.6 is 0 Å². The number of hydrogen-bond donors (Lipinski definition) is 1. The molecule has 0 aliphatic heterocycles. The fourth-order valence-corrected chi connectivity index (χ4v) is 1.72. The van der Waals surface area contributed by atoms with E-state index in [0.29, 0.717) is 13.2 Å². The van der Waals surface area contributed by atoms with Gasteiger partial charge < -0.3 is 19.7 Å². The highest BCUT2D eigenvalue weighted by atomic mass is 16.5. The molecule has 0 aliphatic rings. The van der Waals surface area contributed by atoms with Crippen LogP contribution in [0.1, 0.15) is 13.3 Å². The molecule has 0 fully saturated rings. The maximum Gasteiger partial charge on any atom is 0.161 e. The highest BCUT2D eigenvalue weighted by Crippen LogP contribution is 2.25. The zero-order valence-electron chi connectivity index (χ0n) is 12.3. The van der Waals surface area contributed by atoms with Crippen LogP contribution < -0.4 is 14.8 Å². The molecule has 1 N–H and O–H groups in total. The van der Waals surface area contributed by atoms with Crippen molar-refractivity contribution in [2.24, 2.45) is 0 Å². The first-order chi connectivity index (χ1) is 9.24. The van der Waals surface area contributed by atoms with Gasteiger partial charge in [-0.05, 0) is 52.7 Å². The Kier molecular flexibility index (Phi) is 8.02. The molecule has 0 aliphatic carbocycles. The van der Waals surface area contributed by atoms with Crippen molar-refractivity contribution in [3.8, 4) is 11.5 Å². The Bertz CT molecular complexity index is 343. The van der Waals surface area contributed by atoms with Crippen molar-refractivity contribution in [2.45, 2.75) is 13.3 Å². The van der Waals surface area contributed by atoms with Crippen LogP contribution in [-0.4, -0.2) is 51.8 Å². The van der Waals surface area contributed by atoms with Gasteiger partial charge in [-0.3, -0.25) is 0 Å². The minimum atomic E-state index is 0.656. The average Bonchev–Trinajstić information content (AvgIpc) is 2.39. The Morgan fingerprint density at radius 1 is 1.05 bits per heavy atom. The lowest BCUT2D eigenvalue weighted by Crippen LogP contribution is -2.25. The van der Waals surface area contributed by atoms with E-state index in [0.717, 1.165) is 37.6 Å². The largest absolute Gasteiger partial charge is 0.490 e. The van der Waals surface area contributed by atoms with Crippen LogP contribution in [0.15, 0.2) is 24.3 Å². The summed E-state index contributed by atoms with van der Waals surface area (Å²) in [5.41, 5.74) is 0. The summed E-state index contributed by atoms with van der Waals surface area (Å²) in [5, 5.41) is 3.37. The first-order valence-electron chi connectivity index (χ1n) is 6.94. The molecule has 0 saturated heterocycles. The Labute approximate surface area is 116 Å². The molecule has 0 unspecified atom stereocenters. The van der Waals surface area contributed by atoms with Crippen molar-refractivity contribution < 1.29 is 9.47 Å². The van der Waals surface area contributed by atoms with Crippen LogP contribution in [-0.2, 0) is 0 Å². The maximum absolute atomic E-state index is 5.72. The van der Waals surface area contributed by atoms with E-state index in [-0.39, 0.29) is 0 Å². The summed E-state index contributed by atoms with van der Waals surface area (Å²) >= 11 is 0. The van der Waals surface area contributed by atoms with Gasteiger partial charge in [-0.1, -0.05) is 12.1 Å². The van der Waals surface area contributed by atoms with Gasteiger partial charge >= 0.3 is 0 Å². The molecule has 0 radical (unpaired) electrons. The van der Waals surface area contributed by atoms with Gasteiger partial charge in [0.1, 0.15) is 6.61 Å². The molecule has 1 aromatic rings. The fraction of sp³-hybridized carbons (Fsp3) is 0.600. The molecule has 4 nitrogen and oxygen atoms in total. The smallest absolute Gasteiger partial charge is 0.161 e. The zero-order chi connectivity index (χ0) is 13.9. The van der Waals surface area contributed by atoms with Gasteiger partial charge in [-0.15, -0.1) is 0 Å². The van der Waals surface area contributed by atoms with Gasteiger partial charge in [0, 0.05) is 6.54 Å². The molecule has 0 bridgehead atoms. The maximum atomic E-state index is 5.72. The molecule has 1 aromatic carbocycles. The van der Waals surface area contributed by atoms with Crippen molar-refractivity contribution >= 4 is 0 Å². The third kappa shape index (κ3) is 7.03. The fourth-order valence-electron chi connectivity index (χ4n) is 1.72. The van der Waals surface area contributed by atoms with Gasteiger partial charge in [-0.25, -0.2) is 0 Å². The van der Waals surface area contributed by atoms with E-state index < -0.39 is 0 Å². The van der Waals surface area contributed by atoms with Crippen molar-refractivity contribution in [2.75, 3.05) is 46.9 Å². The van der Waals surface area contributed by atoms with Crippen molar-refractivity contribution in [3.05, 3.63) is 24.3 Å². The van der Waals surface area contributed by atoms with Crippen molar-refractivity contribution in [3.63, 3.8) is 0 Å². The van der Waals surface area contributed by atoms with Crippen LogP contribution in [0.3, 0.4) is 0 Å². The van der Waals surface area contributed by atoms with E-state index in [2.05, 4.69) is 24.3 Å². The quantitative estimate of drug-likeness (QED) is 0.657. The Morgan fingerprint density at radius 2 is 1.74 bits per heavy atom. The van der Waals surface area contributed by atoms with E-state index in [1.807, 2.05) is 31.2 Å². The summed E-state index contributed by atoms with van der Waals surface area (Å²) in [6.07, 6.45) is 1.16. The molecule has 0 saturated carbocycles. The van der Waals surface area contributed by atoms with Gasteiger partial charge in [0.05, 0.1) is 6.61 Å². The summed E-state index contributed by atoms with van der Waals surface area (Å²) in [4.78, 5) is 2.19. The van der Waals surface area contributed by atoms with Gasteiger partial charge in [0.2, 0.25) is 0 Å². The third-order valence-electron chi connectivity index (χ3n) is 2.64. The van der Waals surface area contributed by atoms with Crippen LogP contribution in [0.2, 0.25) is 0 Å². The van der Waals surface area contributed by atoms with E-state index in [9.17, 15) is 0 Å². The number of para-hydroxylation sites is 2. The van der Waals surface area contributed by atoms with Crippen molar-refractivity contribution in [1.29, 1.82) is 0 Å². The van der Waals surface area contributed by atoms with Crippen molar-refractivity contribution in [1.82, 2.24) is 10.2 Å². The Morgan fingerprint density at radius 3 is 2.37 bits per heavy atom. The zero-order valence-corrected chi connectivity index (χ0v) is 12.3. The van der Waals surface area contributed by atoms with E-state index in [4.69, 9.17) is 9.47 Å². The molecule has 0 heterocycles. The summed E-state index contributed by atoms with van der Waals surface area (Å²) in [6.45, 7) is 6.28. The molecule has 0 spiro atoms. The van der Waals surface area contributed by atoms with Crippen LogP contribution in [0.25, 0.3) is 0 Å². The predicted molar refractivity (Wildman–Crippen MR) is 79.1 cm³/mol. The summed E-state index contributed by atoms with van der Waals surface area (Å²) in [6, 6.07) is 7.79. The lowest BCUT2D eigenvalue weighted by Gasteiger charge is -2.12. The lowest BCUT2D eigenvalue weighted by atomic mass is 10.3. The van der Waals surface area contributed by atoms with Gasteiger partial charge in [-0.2, -0.15) is 0 Å². The summed E-state index contributed by atoms with van der Waals surface area (Å²) in [5.74, 6) is 1.64. The van der Waals surface area contributed by atoms with Crippen LogP contribution in [0, 0.1) is 0 Å². The minimum Gasteiger partial charge on any atom is -0.490 e. The molecular formula is C15H26N2O2. The first kappa shape index (κ1) is 15.8. The molecular weight excluding hydrogens is 240 g/mol. The summed E-state index contributed by atoms with van der Waals surface area (Å²) < 4.78 is 11.2. The number of benzene rings is 1. The normalized spacial score (nSPS) is 10.7. The topological polar surface area (TPSA) is 33.7 Å². The third-order valence-corrected chi connectivity index (χ3v) is 2.64. The molecule has 0 atom stereocenters. The lowest BCUT2D eigenvalue weighted by molar-refractivity contribution is 0.275. The molecule has 0 amide bonds. The van der Waals surface area contributed by atoms with E-state index >= 15 is 0 Å². The second-order valence-electron chi connectivity index (χ2n) is 4.64. The number of nitrogens with zero attached hydrogens (tertiary/aromatic N) is 1. The number of ether oxygens (including phenoxy) is 2. The Balaban J connectivity index is 2.15. The standard InChI is InChI=1S/C15H26N2O2/c1-4-18-14-8-5-6-9-15(14)19-13-11-16-10-7-12-17(2)3/h5-6,8-9,16H,4,7,10-13H2,1-3H3. The number of hydrogen-bond acceptors (Lipinski definition) is 4. The van der Waals surface area contributed by atoms with Gasteiger partial charge in [0.25, 0.3) is 0 Å². The monoisotopic (exact) mass is 266 g/mol. The first-order valence-corrected chi connectivity index (χ1v) is 6.94. The van der Waals surface area contributed by atoms with Gasteiger partial charge in [0.15, 0.2) is 11.5 Å². The van der Waals surface area contributed by atoms with Crippen LogP contribution in [0.4, 0.5) is 0 Å². The molecule has 1 rings (SSSR count).